The lowest BCUT2D eigenvalue weighted by atomic mass is 9.96. The highest BCUT2D eigenvalue weighted by Gasteiger charge is 2.19. The minimum atomic E-state index is -1.07. The summed E-state index contributed by atoms with van der Waals surface area (Å²) in [5.74, 6) is 7.09. The Morgan fingerprint density at radius 2 is 1.94 bits per heavy atom. The zero-order valence-corrected chi connectivity index (χ0v) is 19.9. The highest BCUT2D eigenvalue weighted by Crippen LogP contribution is 2.22. The number of hydrogen-bond donors (Lipinski definition) is 5. The van der Waals surface area contributed by atoms with Gasteiger partial charge < -0.3 is 26.0 Å². The third-order valence-electron chi connectivity index (χ3n) is 5.69. The van der Waals surface area contributed by atoms with E-state index in [4.69, 9.17) is 16.4 Å². The predicted octanol–water partition coefficient (Wildman–Crippen LogP) is 2.17. The van der Waals surface area contributed by atoms with Crippen LogP contribution in [-0.2, 0) is 5.60 Å². The fourth-order valence-corrected chi connectivity index (χ4v) is 3.68. The summed E-state index contributed by atoms with van der Waals surface area (Å²) in [6.45, 7) is 5.50. The molecule has 10 heteroatoms. The number of nitrogens with zero attached hydrogens (tertiary/aromatic N) is 4. The van der Waals surface area contributed by atoms with Crippen molar-refractivity contribution in [1.29, 1.82) is 0 Å². The van der Waals surface area contributed by atoms with Gasteiger partial charge in [-0.2, -0.15) is 5.48 Å². The van der Waals surface area contributed by atoms with Crippen LogP contribution in [0.3, 0.4) is 0 Å². The Bertz CT molecular complexity index is 965. The van der Waals surface area contributed by atoms with E-state index in [1.807, 2.05) is 19.1 Å². The van der Waals surface area contributed by atoms with Gasteiger partial charge in [-0.25, -0.2) is 20.8 Å². The number of rotatable bonds is 9. The number of anilines is 1. The van der Waals surface area contributed by atoms with Gasteiger partial charge in [0.1, 0.15) is 5.60 Å². The highest BCUT2D eigenvalue weighted by molar-refractivity contribution is 5.64. The number of aliphatic hydroxyl groups is 1. The van der Waals surface area contributed by atoms with E-state index in [-0.39, 0.29) is 6.54 Å². The van der Waals surface area contributed by atoms with Crippen LogP contribution in [0.1, 0.15) is 63.0 Å². The molecule has 0 bridgehead atoms. The zero-order chi connectivity index (χ0) is 24.0. The summed E-state index contributed by atoms with van der Waals surface area (Å²) in [5.41, 5.74) is 11.4. The molecule has 3 rings (SSSR count). The van der Waals surface area contributed by atoms with Crippen molar-refractivity contribution in [2.75, 3.05) is 18.9 Å². The number of aromatic nitrogens is 3. The van der Waals surface area contributed by atoms with Crippen LogP contribution < -0.4 is 27.2 Å². The van der Waals surface area contributed by atoms with Gasteiger partial charge in [-0.1, -0.05) is 19.3 Å². The summed E-state index contributed by atoms with van der Waals surface area (Å²) in [5, 5.41) is 14.7. The van der Waals surface area contributed by atoms with Gasteiger partial charge in [0.2, 0.25) is 5.95 Å². The molecule has 2 aromatic heterocycles. The van der Waals surface area contributed by atoms with E-state index >= 15 is 0 Å². The Labute approximate surface area is 195 Å². The second-order valence-electron chi connectivity index (χ2n) is 8.98. The third kappa shape index (κ3) is 6.77. The van der Waals surface area contributed by atoms with E-state index in [9.17, 15) is 5.11 Å². The fourth-order valence-electron chi connectivity index (χ4n) is 3.68. The minimum absolute atomic E-state index is 0.274. The average molecular weight is 457 g/mol. The Morgan fingerprint density at radius 3 is 2.58 bits per heavy atom. The number of nitrogens with two attached hydrogens (primary N) is 2. The summed E-state index contributed by atoms with van der Waals surface area (Å²) >= 11 is 0. The largest absolute Gasteiger partial charge is 0.407 e. The second kappa shape index (κ2) is 10.8. The smallest absolute Gasteiger partial charge is 0.223 e. The summed E-state index contributed by atoms with van der Waals surface area (Å²) in [6, 6.07) is 5.72. The molecule has 2 heterocycles. The van der Waals surface area contributed by atoms with Gasteiger partial charge in [-0.3, -0.25) is 0 Å². The molecule has 1 saturated carbocycles. The maximum absolute atomic E-state index is 10.2. The first kappa shape index (κ1) is 24.7. The molecule has 33 heavy (non-hydrogen) atoms. The summed E-state index contributed by atoms with van der Waals surface area (Å²) < 4.78 is 0. The maximum Gasteiger partial charge on any atom is 0.223 e. The molecule has 0 radical (unpaired) electrons. The number of nitrogens with one attached hydrogen (secondary N) is 2. The monoisotopic (exact) mass is 456 g/mol. The van der Waals surface area contributed by atoms with Crippen molar-refractivity contribution in [3.05, 3.63) is 47.2 Å². The van der Waals surface area contributed by atoms with Crippen molar-refractivity contribution >= 4 is 11.6 Å². The number of pyridine rings is 1. The Kier molecular flexibility index (Phi) is 8.06. The van der Waals surface area contributed by atoms with Crippen LogP contribution >= 0.6 is 0 Å². The number of likely N-dealkylation sites (N-methyl/N-ethyl adjacent to an activating group) is 1. The van der Waals surface area contributed by atoms with E-state index in [1.54, 1.807) is 33.2 Å². The Balaban J connectivity index is 1.72. The third-order valence-corrected chi connectivity index (χ3v) is 5.69. The van der Waals surface area contributed by atoms with E-state index in [0.29, 0.717) is 40.5 Å². The Hall–Kier alpha value is -2.95. The molecule has 2 aromatic rings. The molecule has 1 aliphatic carbocycles. The van der Waals surface area contributed by atoms with Gasteiger partial charge in [0.25, 0.3) is 0 Å². The molecular weight excluding hydrogens is 420 g/mol. The van der Waals surface area contributed by atoms with Crippen molar-refractivity contribution < 1.29 is 9.94 Å². The van der Waals surface area contributed by atoms with Crippen LogP contribution in [0.5, 0.6) is 5.75 Å². The van der Waals surface area contributed by atoms with Gasteiger partial charge in [-0.15, -0.1) is 0 Å². The molecule has 0 aromatic carbocycles. The molecule has 0 aliphatic heterocycles. The molecule has 180 valence electrons. The van der Waals surface area contributed by atoms with Crippen LogP contribution in [0, 0.1) is 6.92 Å². The van der Waals surface area contributed by atoms with Crippen molar-refractivity contribution in [3.63, 3.8) is 0 Å². The van der Waals surface area contributed by atoms with Gasteiger partial charge in [0.05, 0.1) is 35.0 Å². The molecule has 10 nitrogen and oxygen atoms in total. The first-order chi connectivity index (χ1) is 15.6. The molecular formula is C23H36N8O2. The zero-order valence-electron chi connectivity index (χ0n) is 19.9. The van der Waals surface area contributed by atoms with Crippen LogP contribution in [-0.4, -0.2) is 44.7 Å². The lowest BCUT2D eigenvalue weighted by Gasteiger charge is -2.23. The number of hydrazine groups is 1. The Morgan fingerprint density at radius 1 is 1.21 bits per heavy atom. The summed E-state index contributed by atoms with van der Waals surface area (Å²) in [7, 11) is 1.70. The molecule has 0 atom stereocenters. The van der Waals surface area contributed by atoms with Crippen LogP contribution in [0.2, 0.25) is 0 Å². The molecule has 1 aliphatic rings. The molecule has 0 unspecified atom stereocenters. The van der Waals surface area contributed by atoms with E-state index in [0.717, 1.165) is 18.5 Å². The number of hydroxylamine groups is 1. The highest BCUT2D eigenvalue weighted by atomic mass is 16.6. The average Bonchev–Trinajstić information content (AvgIpc) is 2.78. The van der Waals surface area contributed by atoms with Crippen molar-refractivity contribution in [2.24, 2.45) is 11.6 Å². The first-order valence-electron chi connectivity index (χ1n) is 11.3. The summed E-state index contributed by atoms with van der Waals surface area (Å²) in [4.78, 5) is 19.0. The summed E-state index contributed by atoms with van der Waals surface area (Å²) in [6.07, 6.45) is 7.60. The quantitative estimate of drug-likeness (QED) is 0.281. The van der Waals surface area contributed by atoms with E-state index < -0.39 is 5.60 Å². The number of aryl methyl sites for hydroxylation is 1. The van der Waals surface area contributed by atoms with Crippen molar-refractivity contribution in [3.8, 4) is 5.75 Å². The normalized spacial score (nSPS) is 15.7. The maximum atomic E-state index is 10.2. The van der Waals surface area contributed by atoms with Crippen LogP contribution in [0.15, 0.2) is 30.1 Å². The SMILES string of the molecule is Cc1nc(/C(N)=C(\CNc2nccc(C(C)(C)O)n2)N(C)N)ccc1ONC1CCCCC1. The number of hydrogen-bond acceptors (Lipinski definition) is 10. The molecule has 0 spiro atoms. The first-order valence-corrected chi connectivity index (χ1v) is 11.3. The lowest BCUT2D eigenvalue weighted by Crippen LogP contribution is -2.34. The second-order valence-corrected chi connectivity index (χ2v) is 8.98. The van der Waals surface area contributed by atoms with Gasteiger partial charge >= 0.3 is 0 Å². The predicted molar refractivity (Wildman–Crippen MR) is 128 cm³/mol. The van der Waals surface area contributed by atoms with Gasteiger partial charge in [-0.05, 0) is 51.8 Å². The lowest BCUT2D eigenvalue weighted by molar-refractivity contribution is 0.0738. The fraction of sp³-hybridized carbons (Fsp3) is 0.522. The molecule has 0 amide bonds. The van der Waals surface area contributed by atoms with Crippen molar-refractivity contribution in [1.82, 2.24) is 25.4 Å². The van der Waals surface area contributed by atoms with Crippen molar-refractivity contribution in [2.45, 2.75) is 64.5 Å². The van der Waals surface area contributed by atoms with Crippen LogP contribution in [0.25, 0.3) is 5.70 Å². The molecule has 1 fully saturated rings. The van der Waals surface area contributed by atoms with Crippen LogP contribution in [0.4, 0.5) is 5.95 Å². The van der Waals surface area contributed by atoms with Gasteiger partial charge in [0, 0.05) is 19.3 Å². The van der Waals surface area contributed by atoms with E-state index in [2.05, 4.69) is 25.7 Å². The molecule has 0 saturated heterocycles. The van der Waals surface area contributed by atoms with E-state index in [1.165, 1.54) is 24.3 Å². The minimum Gasteiger partial charge on any atom is -0.407 e. The van der Waals surface area contributed by atoms with Gasteiger partial charge in [0.15, 0.2) is 5.75 Å². The molecule has 7 N–H and O–H groups in total. The topological polar surface area (TPSA) is 147 Å². The standard InChI is InChI=1S/C23H36N8O2/c1-15-19(33-30-16-8-6-5-7-9-16)11-10-17(28-15)21(24)18(31(4)25)14-27-22-26-13-12-20(29-22)23(2,3)32/h10-13,16,30,32H,5-9,14,24-25H2,1-4H3,(H,26,27,29)/b21-18-.